The molecule has 14 heavy (non-hydrogen) atoms. The van der Waals surface area contributed by atoms with Gasteiger partial charge in [-0.1, -0.05) is 0 Å². The monoisotopic (exact) mass is 257 g/mol. The Labute approximate surface area is 93.0 Å². The van der Waals surface area contributed by atoms with Crippen molar-refractivity contribution in [3.05, 3.63) is 15.9 Å². The number of rotatable bonds is 4. The molecule has 1 N–H and O–H groups in total. The molecular formula is C10H16BrN3. The minimum atomic E-state index is 0.911. The number of hydrogen-bond donors (Lipinski definition) is 1. The predicted molar refractivity (Wildman–Crippen MR) is 60.1 cm³/mol. The molecule has 78 valence electrons. The molecule has 1 fully saturated rings. The first-order valence-corrected chi connectivity index (χ1v) is 5.86. The number of hydrogen-bond acceptors (Lipinski definition) is 2. The summed E-state index contributed by atoms with van der Waals surface area (Å²) in [5.74, 6) is 0.933. The minimum Gasteiger partial charge on any atom is -0.311 e. The normalized spacial score (nSPS) is 16.2. The van der Waals surface area contributed by atoms with Crippen molar-refractivity contribution < 1.29 is 0 Å². The van der Waals surface area contributed by atoms with E-state index in [0.29, 0.717) is 0 Å². The third-order valence-corrected chi connectivity index (χ3v) is 3.72. The van der Waals surface area contributed by atoms with E-state index in [4.69, 9.17) is 0 Å². The standard InChI is InChI=1S/C10H16BrN3/c1-7-10(11)9(14(2)13-7)6-12-5-8-3-4-8/h8,12H,3-6H2,1-2H3. The third kappa shape index (κ3) is 2.17. The topological polar surface area (TPSA) is 29.9 Å². The van der Waals surface area contributed by atoms with E-state index in [1.165, 1.54) is 18.5 Å². The SMILES string of the molecule is Cc1nn(C)c(CNCC2CC2)c1Br. The van der Waals surface area contributed by atoms with E-state index in [1.807, 2.05) is 18.7 Å². The Morgan fingerprint density at radius 3 is 2.79 bits per heavy atom. The maximum absolute atomic E-state index is 4.35. The van der Waals surface area contributed by atoms with E-state index in [9.17, 15) is 0 Å². The summed E-state index contributed by atoms with van der Waals surface area (Å²) in [6.07, 6.45) is 2.80. The minimum absolute atomic E-state index is 0.911. The number of nitrogens with one attached hydrogen (secondary N) is 1. The molecule has 0 radical (unpaired) electrons. The van der Waals surface area contributed by atoms with Crippen LogP contribution in [-0.2, 0) is 13.6 Å². The maximum atomic E-state index is 4.35. The van der Waals surface area contributed by atoms with Crippen LogP contribution in [0.15, 0.2) is 4.47 Å². The summed E-state index contributed by atoms with van der Waals surface area (Å²) in [7, 11) is 1.99. The molecule has 1 aromatic rings. The summed E-state index contributed by atoms with van der Waals surface area (Å²) in [6.45, 7) is 4.08. The molecule has 1 heterocycles. The highest BCUT2D eigenvalue weighted by molar-refractivity contribution is 9.10. The van der Waals surface area contributed by atoms with Gasteiger partial charge in [0.25, 0.3) is 0 Å². The largest absolute Gasteiger partial charge is 0.311 e. The second-order valence-corrected chi connectivity index (χ2v) is 4.84. The third-order valence-electron chi connectivity index (χ3n) is 2.68. The maximum Gasteiger partial charge on any atom is 0.0739 e. The molecule has 2 rings (SSSR count). The van der Waals surface area contributed by atoms with E-state index in [0.717, 1.165) is 29.2 Å². The molecular weight excluding hydrogens is 242 g/mol. The quantitative estimate of drug-likeness (QED) is 0.895. The van der Waals surface area contributed by atoms with Gasteiger partial charge in [0.15, 0.2) is 0 Å². The van der Waals surface area contributed by atoms with E-state index >= 15 is 0 Å². The number of aromatic nitrogens is 2. The molecule has 0 bridgehead atoms. The van der Waals surface area contributed by atoms with Gasteiger partial charge in [-0.05, 0) is 48.2 Å². The zero-order valence-electron chi connectivity index (χ0n) is 8.68. The zero-order chi connectivity index (χ0) is 10.1. The van der Waals surface area contributed by atoms with E-state index < -0.39 is 0 Å². The smallest absolute Gasteiger partial charge is 0.0739 e. The lowest BCUT2D eigenvalue weighted by Crippen LogP contribution is -2.18. The van der Waals surface area contributed by atoms with Crippen molar-refractivity contribution in [3.8, 4) is 0 Å². The average Bonchev–Trinajstić information content (AvgIpc) is 2.90. The molecule has 0 unspecified atom stereocenters. The molecule has 0 spiro atoms. The van der Waals surface area contributed by atoms with Gasteiger partial charge >= 0.3 is 0 Å². The van der Waals surface area contributed by atoms with Crippen LogP contribution < -0.4 is 5.32 Å². The molecule has 0 aromatic carbocycles. The summed E-state index contributed by atoms with van der Waals surface area (Å²) in [5.41, 5.74) is 2.30. The number of nitrogens with zero attached hydrogens (tertiary/aromatic N) is 2. The lowest BCUT2D eigenvalue weighted by Gasteiger charge is -2.04. The lowest BCUT2D eigenvalue weighted by molar-refractivity contribution is 0.597. The highest BCUT2D eigenvalue weighted by Gasteiger charge is 2.20. The van der Waals surface area contributed by atoms with Crippen LogP contribution in [0.2, 0.25) is 0 Å². The van der Waals surface area contributed by atoms with Gasteiger partial charge in [-0.3, -0.25) is 4.68 Å². The number of halogens is 1. The van der Waals surface area contributed by atoms with Crippen LogP contribution in [0, 0.1) is 12.8 Å². The van der Waals surface area contributed by atoms with Crippen LogP contribution >= 0.6 is 15.9 Å². The second-order valence-electron chi connectivity index (χ2n) is 4.04. The van der Waals surface area contributed by atoms with Gasteiger partial charge in [-0.15, -0.1) is 0 Å². The molecule has 4 heteroatoms. The first-order valence-electron chi connectivity index (χ1n) is 5.07. The first kappa shape index (κ1) is 10.2. The van der Waals surface area contributed by atoms with Crippen LogP contribution in [0.25, 0.3) is 0 Å². The van der Waals surface area contributed by atoms with Crippen molar-refractivity contribution in [1.82, 2.24) is 15.1 Å². The summed E-state index contributed by atoms with van der Waals surface area (Å²) < 4.78 is 3.09. The fourth-order valence-corrected chi connectivity index (χ4v) is 2.06. The summed E-state index contributed by atoms with van der Waals surface area (Å²) in [6, 6.07) is 0. The van der Waals surface area contributed by atoms with Crippen LogP contribution in [0.1, 0.15) is 24.2 Å². The van der Waals surface area contributed by atoms with Crippen LogP contribution in [0.4, 0.5) is 0 Å². The lowest BCUT2D eigenvalue weighted by atomic mass is 10.3. The van der Waals surface area contributed by atoms with Gasteiger partial charge in [0.05, 0.1) is 15.9 Å². The van der Waals surface area contributed by atoms with Crippen molar-refractivity contribution in [2.24, 2.45) is 13.0 Å². The summed E-state index contributed by atoms with van der Waals surface area (Å²) >= 11 is 3.56. The van der Waals surface area contributed by atoms with Gasteiger partial charge in [-0.2, -0.15) is 5.10 Å². The zero-order valence-corrected chi connectivity index (χ0v) is 10.3. The van der Waals surface area contributed by atoms with E-state index in [-0.39, 0.29) is 0 Å². The Balaban J connectivity index is 1.93. The van der Waals surface area contributed by atoms with Crippen molar-refractivity contribution in [3.63, 3.8) is 0 Å². The van der Waals surface area contributed by atoms with E-state index in [2.05, 4.69) is 26.3 Å². The number of aryl methyl sites for hydroxylation is 2. The Kier molecular flexibility index (Phi) is 2.93. The average molecular weight is 258 g/mol. The van der Waals surface area contributed by atoms with Crippen LogP contribution in [0.3, 0.4) is 0 Å². The first-order chi connectivity index (χ1) is 6.68. The molecule has 1 saturated carbocycles. The van der Waals surface area contributed by atoms with Gasteiger partial charge in [0.2, 0.25) is 0 Å². The Morgan fingerprint density at radius 2 is 2.29 bits per heavy atom. The summed E-state index contributed by atoms with van der Waals surface area (Å²) in [5, 5.41) is 7.82. The van der Waals surface area contributed by atoms with Crippen molar-refractivity contribution in [2.75, 3.05) is 6.54 Å². The molecule has 1 aromatic heterocycles. The molecule has 0 saturated heterocycles. The highest BCUT2D eigenvalue weighted by atomic mass is 79.9. The fourth-order valence-electron chi connectivity index (χ4n) is 1.59. The van der Waals surface area contributed by atoms with E-state index in [1.54, 1.807) is 0 Å². The molecule has 0 atom stereocenters. The van der Waals surface area contributed by atoms with Gasteiger partial charge in [-0.25, -0.2) is 0 Å². The van der Waals surface area contributed by atoms with Crippen LogP contribution in [-0.4, -0.2) is 16.3 Å². The molecule has 0 aliphatic heterocycles. The molecule has 1 aliphatic rings. The Bertz CT molecular complexity index is 328. The molecule has 0 amide bonds. The van der Waals surface area contributed by atoms with Gasteiger partial charge < -0.3 is 5.32 Å². The molecule has 1 aliphatic carbocycles. The molecule has 3 nitrogen and oxygen atoms in total. The Morgan fingerprint density at radius 1 is 1.57 bits per heavy atom. The van der Waals surface area contributed by atoms with Gasteiger partial charge in [0, 0.05) is 13.6 Å². The fraction of sp³-hybridized carbons (Fsp3) is 0.700. The Hall–Kier alpha value is -0.350. The second kappa shape index (κ2) is 4.03. The predicted octanol–water partition coefficient (Wildman–Crippen LogP) is 1.99. The summed E-state index contributed by atoms with van der Waals surface area (Å²) in [4.78, 5) is 0. The highest BCUT2D eigenvalue weighted by Crippen LogP contribution is 2.28. The van der Waals surface area contributed by atoms with Crippen molar-refractivity contribution in [2.45, 2.75) is 26.3 Å². The van der Waals surface area contributed by atoms with Crippen molar-refractivity contribution >= 4 is 15.9 Å². The van der Waals surface area contributed by atoms with Crippen molar-refractivity contribution in [1.29, 1.82) is 0 Å². The van der Waals surface area contributed by atoms with Crippen LogP contribution in [0.5, 0.6) is 0 Å². The van der Waals surface area contributed by atoms with Gasteiger partial charge in [0.1, 0.15) is 0 Å².